The van der Waals surface area contributed by atoms with Crippen LogP contribution in [0.2, 0.25) is 0 Å². The molecule has 1 saturated heterocycles. The molecule has 27 heavy (non-hydrogen) atoms. The maximum absolute atomic E-state index is 13.1. The number of nitrogens with zero attached hydrogens (tertiary/aromatic N) is 4. The predicted molar refractivity (Wildman–Crippen MR) is 103 cm³/mol. The van der Waals surface area contributed by atoms with Crippen molar-refractivity contribution in [2.75, 3.05) is 13.1 Å². The highest BCUT2D eigenvalue weighted by Crippen LogP contribution is 2.37. The molecular weight excluding hydrogens is 369 g/mol. The highest BCUT2D eigenvalue weighted by atomic mass is 32.2. The Morgan fingerprint density at radius 1 is 1.41 bits per heavy atom. The molecule has 0 spiro atoms. The number of nitrogens with one attached hydrogen (secondary N) is 1. The van der Waals surface area contributed by atoms with E-state index in [0.717, 1.165) is 17.9 Å². The van der Waals surface area contributed by atoms with Gasteiger partial charge in [-0.15, -0.1) is 0 Å². The Morgan fingerprint density at radius 2 is 2.11 bits per heavy atom. The second kappa shape index (κ2) is 8.02. The van der Waals surface area contributed by atoms with E-state index in [2.05, 4.69) is 15.4 Å². The quantitative estimate of drug-likeness (QED) is 0.627. The molecule has 9 heteroatoms. The number of likely N-dealkylation sites (tertiary alicyclic amines) is 1. The van der Waals surface area contributed by atoms with Crippen molar-refractivity contribution in [2.24, 2.45) is 18.0 Å². The Morgan fingerprint density at radius 3 is 2.67 bits per heavy atom. The molecule has 2 unspecified atom stereocenters. The van der Waals surface area contributed by atoms with Gasteiger partial charge in [-0.05, 0) is 26.7 Å². The number of amides is 2. The normalized spacial score (nSPS) is 22.5. The minimum Gasteiger partial charge on any atom is -0.610 e. The van der Waals surface area contributed by atoms with E-state index in [4.69, 9.17) is 0 Å². The van der Waals surface area contributed by atoms with Crippen molar-refractivity contribution in [3.05, 3.63) is 24.0 Å². The summed E-state index contributed by atoms with van der Waals surface area (Å²) >= 11 is -1.18. The molecule has 1 aromatic heterocycles. The first-order chi connectivity index (χ1) is 12.8. The van der Waals surface area contributed by atoms with Crippen LogP contribution >= 0.6 is 0 Å². The third kappa shape index (κ3) is 4.35. The average Bonchev–Trinajstić information content (AvgIpc) is 3.08. The molecule has 0 bridgehead atoms. The highest BCUT2D eigenvalue weighted by Gasteiger charge is 2.44. The number of piperidine rings is 1. The smallest absolute Gasteiger partial charge is 0.321 e. The van der Waals surface area contributed by atoms with Gasteiger partial charge in [-0.3, -0.25) is 4.99 Å². The van der Waals surface area contributed by atoms with Crippen LogP contribution in [0, 0.1) is 5.92 Å². The number of dihydropyridines is 1. The molecule has 3 rings (SSSR count). The van der Waals surface area contributed by atoms with Crippen molar-refractivity contribution in [1.29, 1.82) is 0 Å². The van der Waals surface area contributed by atoms with E-state index in [-0.39, 0.29) is 18.4 Å². The first kappa shape index (κ1) is 19.9. The van der Waals surface area contributed by atoms with Gasteiger partial charge in [0.2, 0.25) is 5.03 Å². The fourth-order valence-corrected chi connectivity index (χ4v) is 5.08. The van der Waals surface area contributed by atoms with E-state index >= 15 is 0 Å². The van der Waals surface area contributed by atoms with Crippen LogP contribution in [-0.4, -0.2) is 55.6 Å². The number of urea groups is 1. The van der Waals surface area contributed by atoms with Crippen LogP contribution in [0.15, 0.2) is 34.1 Å². The number of hydrogen-bond donors (Lipinski definition) is 1. The monoisotopic (exact) mass is 395 g/mol. The molecule has 1 N–H and O–H groups in total. The van der Waals surface area contributed by atoms with Crippen LogP contribution in [0.25, 0.3) is 0 Å². The molecule has 2 aliphatic rings. The number of hydrogen-bond acceptors (Lipinski definition) is 4. The topological polar surface area (TPSA) is 85.6 Å². The molecule has 0 saturated carbocycles. The van der Waals surface area contributed by atoms with Crippen LogP contribution in [0.4, 0.5) is 9.18 Å². The van der Waals surface area contributed by atoms with Gasteiger partial charge in [-0.1, -0.05) is 6.08 Å². The highest BCUT2D eigenvalue weighted by molar-refractivity contribution is 7.92. The Balaban J connectivity index is 1.55. The van der Waals surface area contributed by atoms with E-state index in [1.54, 1.807) is 35.0 Å². The van der Waals surface area contributed by atoms with Crippen molar-refractivity contribution in [3.8, 4) is 0 Å². The summed E-state index contributed by atoms with van der Waals surface area (Å²) in [5.74, 6) is 0.236. The number of rotatable bonds is 4. The summed E-state index contributed by atoms with van der Waals surface area (Å²) < 4.78 is 27.3. The number of carbonyl (C=O) groups excluding carboxylic acids is 1. The molecule has 2 atom stereocenters. The summed E-state index contributed by atoms with van der Waals surface area (Å²) in [6.07, 6.45) is 5.19. The van der Waals surface area contributed by atoms with E-state index in [1.165, 1.54) is 6.21 Å². The van der Waals surface area contributed by atoms with E-state index in [1.807, 2.05) is 13.8 Å². The summed E-state index contributed by atoms with van der Waals surface area (Å²) in [7, 11) is 1.80. The number of halogens is 1. The first-order valence-electron chi connectivity index (χ1n) is 9.12. The van der Waals surface area contributed by atoms with Crippen molar-refractivity contribution >= 4 is 23.4 Å². The van der Waals surface area contributed by atoms with Gasteiger partial charge < -0.3 is 14.8 Å². The van der Waals surface area contributed by atoms with Crippen molar-refractivity contribution < 1.29 is 13.7 Å². The van der Waals surface area contributed by atoms with Crippen LogP contribution in [0.3, 0.4) is 0 Å². The summed E-state index contributed by atoms with van der Waals surface area (Å²) in [6.45, 7) is 5.23. The Bertz CT molecular complexity index is 740. The minimum absolute atomic E-state index is 0.183. The van der Waals surface area contributed by atoms with Crippen LogP contribution in [0.5, 0.6) is 0 Å². The maximum atomic E-state index is 13.1. The lowest BCUT2D eigenvalue weighted by molar-refractivity contribution is 0.163. The molecule has 0 radical (unpaired) electrons. The minimum atomic E-state index is -1.22. The van der Waals surface area contributed by atoms with Gasteiger partial charge in [-0.2, -0.15) is 5.10 Å². The zero-order valence-electron chi connectivity index (χ0n) is 15.9. The summed E-state index contributed by atoms with van der Waals surface area (Å²) in [4.78, 5) is 17.8. The average molecular weight is 396 g/mol. The van der Waals surface area contributed by atoms with E-state index < -0.39 is 22.2 Å². The zero-order valence-corrected chi connectivity index (χ0v) is 16.7. The second-order valence-electron chi connectivity index (χ2n) is 7.46. The van der Waals surface area contributed by atoms with Gasteiger partial charge in [0.25, 0.3) is 0 Å². The third-order valence-corrected chi connectivity index (χ3v) is 7.44. The van der Waals surface area contributed by atoms with Gasteiger partial charge in [0.1, 0.15) is 4.75 Å². The Kier molecular flexibility index (Phi) is 5.90. The number of aliphatic imine (C=N–C) groups is 1. The molecule has 7 nitrogen and oxygen atoms in total. The predicted octanol–water partition coefficient (Wildman–Crippen LogP) is 2.38. The summed E-state index contributed by atoms with van der Waals surface area (Å²) in [6, 6.07) is 1.59. The number of aryl methyl sites for hydroxylation is 1. The summed E-state index contributed by atoms with van der Waals surface area (Å²) in [5.41, 5.74) is 0.536. The van der Waals surface area contributed by atoms with E-state index in [0.29, 0.717) is 18.8 Å². The number of aromatic nitrogens is 2. The van der Waals surface area contributed by atoms with Crippen molar-refractivity contribution in [2.45, 2.75) is 49.2 Å². The Hall–Kier alpha value is -1.87. The second-order valence-corrected chi connectivity index (χ2v) is 9.47. The Labute approximate surface area is 161 Å². The standard InChI is InChI=1S/C18H26FN5O2S/c1-18(2,27(26)16-6-9-21-23(16)3)13-7-10-24(11-8-13)17(25)22-14-4-5-15(19)20-12-14/h4,6,9,12-13,15H,5,7-8,10-11H2,1-3H3,(H,22,25). The zero-order chi connectivity index (χ0) is 19.6. The summed E-state index contributed by atoms with van der Waals surface area (Å²) in [5, 5.41) is 7.61. The van der Waals surface area contributed by atoms with E-state index in [9.17, 15) is 13.7 Å². The lowest BCUT2D eigenvalue weighted by atomic mass is 9.86. The van der Waals surface area contributed by atoms with Gasteiger partial charge in [-0.25, -0.2) is 13.9 Å². The largest absolute Gasteiger partial charge is 0.610 e. The molecular formula is C18H26FN5O2S. The number of alkyl halides is 1. The lowest BCUT2D eigenvalue weighted by Crippen LogP contribution is -2.50. The van der Waals surface area contributed by atoms with Crippen LogP contribution in [0.1, 0.15) is 33.1 Å². The van der Waals surface area contributed by atoms with Gasteiger partial charge in [0, 0.05) is 55.9 Å². The lowest BCUT2D eigenvalue weighted by Gasteiger charge is -2.40. The number of allylic oxidation sites excluding steroid dienone is 1. The van der Waals surface area contributed by atoms with Gasteiger partial charge in [0.15, 0.2) is 6.30 Å². The van der Waals surface area contributed by atoms with Crippen molar-refractivity contribution in [3.63, 3.8) is 0 Å². The molecule has 2 aliphatic heterocycles. The molecule has 1 fully saturated rings. The van der Waals surface area contributed by atoms with Crippen LogP contribution in [-0.2, 0) is 18.2 Å². The molecule has 148 valence electrons. The first-order valence-corrected chi connectivity index (χ1v) is 10.3. The fraction of sp³-hybridized carbons (Fsp3) is 0.611. The maximum Gasteiger partial charge on any atom is 0.321 e. The molecule has 1 aromatic rings. The fourth-order valence-electron chi connectivity index (χ4n) is 3.53. The van der Waals surface area contributed by atoms with Gasteiger partial charge >= 0.3 is 6.03 Å². The molecule has 0 aliphatic carbocycles. The third-order valence-electron chi connectivity index (χ3n) is 5.37. The molecule has 2 amide bonds. The number of carbonyl (C=O) groups is 1. The van der Waals surface area contributed by atoms with Crippen molar-refractivity contribution in [1.82, 2.24) is 20.0 Å². The SMILES string of the molecule is Cn1nccc1[S+]([O-])C(C)(C)C1CCN(C(=O)NC2=CCC(F)N=C2)CC1. The molecule has 3 heterocycles. The van der Waals surface area contributed by atoms with Gasteiger partial charge in [0.05, 0.1) is 11.9 Å². The van der Waals surface area contributed by atoms with Crippen LogP contribution < -0.4 is 5.32 Å². The molecule has 0 aromatic carbocycles.